The summed E-state index contributed by atoms with van der Waals surface area (Å²) in [5, 5.41) is 19.8. The minimum Gasteiger partial charge on any atom is -0.367 e. The predicted octanol–water partition coefficient (Wildman–Crippen LogP) is 2.12. The highest BCUT2D eigenvalue weighted by Crippen LogP contribution is 2.26. The molecule has 1 amide bonds. The third-order valence-corrected chi connectivity index (χ3v) is 5.01. The molecule has 1 fully saturated rings. The first-order chi connectivity index (χ1) is 14.3. The minimum absolute atomic E-state index is 0.0721. The van der Waals surface area contributed by atoms with Crippen molar-refractivity contribution in [1.82, 2.24) is 25.2 Å². The first-order valence-electron chi connectivity index (χ1n) is 10.4. The Balaban J connectivity index is 1.68. The number of hydrogen-bond acceptors (Lipinski definition) is 8. The van der Waals surface area contributed by atoms with Crippen molar-refractivity contribution in [3.8, 4) is 6.07 Å². The third kappa shape index (κ3) is 5.76. The van der Waals surface area contributed by atoms with Crippen molar-refractivity contribution in [3.05, 3.63) is 18.0 Å². The van der Waals surface area contributed by atoms with Gasteiger partial charge in [0.05, 0.1) is 18.3 Å². The maximum Gasteiger partial charge on any atom is 0.234 e. The lowest BCUT2D eigenvalue weighted by atomic mass is 9.91. The lowest BCUT2D eigenvalue weighted by Crippen LogP contribution is -2.43. The van der Waals surface area contributed by atoms with E-state index >= 15 is 0 Å². The second-order valence-corrected chi connectivity index (χ2v) is 8.39. The Morgan fingerprint density at radius 3 is 2.57 bits per heavy atom. The van der Waals surface area contributed by atoms with E-state index in [1.165, 1.54) is 0 Å². The van der Waals surface area contributed by atoms with Crippen LogP contribution in [0.15, 0.2) is 12.3 Å². The number of pyridine rings is 1. The number of carbonyl (C=O) groups is 1. The maximum absolute atomic E-state index is 12.0. The fourth-order valence-corrected chi connectivity index (χ4v) is 3.67. The van der Waals surface area contributed by atoms with Gasteiger partial charge in [-0.3, -0.25) is 4.79 Å². The van der Waals surface area contributed by atoms with E-state index in [1.54, 1.807) is 12.3 Å². The number of rotatable bonds is 7. The smallest absolute Gasteiger partial charge is 0.234 e. The molecule has 0 atom stereocenters. The number of aromatic nitrogens is 3. The fourth-order valence-electron chi connectivity index (χ4n) is 3.67. The van der Waals surface area contributed by atoms with Crippen LogP contribution in [0.3, 0.4) is 0 Å². The standard InChI is InChI=1S/C21H30N8O/c1-13(2)24-20-17-9-16(10-22)23-11-18(17)27-21(28-20)26-15-7-5-14(6-8-15)25-19(30)12-29(3)4/h9,11,13-15H,5-8,12H2,1-4H3,(H,25,30)(H2,24,26,27,28). The third-order valence-electron chi connectivity index (χ3n) is 5.01. The zero-order valence-corrected chi connectivity index (χ0v) is 18.1. The molecule has 30 heavy (non-hydrogen) atoms. The Bertz CT molecular complexity index is 928. The van der Waals surface area contributed by atoms with E-state index in [2.05, 4.69) is 37.0 Å². The molecule has 0 bridgehead atoms. The van der Waals surface area contributed by atoms with Gasteiger partial charge in [-0.25, -0.2) is 9.97 Å². The fraction of sp³-hybridized carbons (Fsp3) is 0.571. The molecule has 0 saturated heterocycles. The second-order valence-electron chi connectivity index (χ2n) is 8.39. The van der Waals surface area contributed by atoms with Crippen LogP contribution in [0.25, 0.3) is 10.9 Å². The summed E-state index contributed by atoms with van der Waals surface area (Å²) in [5.74, 6) is 1.32. The molecule has 2 aromatic heterocycles. The van der Waals surface area contributed by atoms with Gasteiger partial charge in [0, 0.05) is 23.5 Å². The number of anilines is 2. The number of likely N-dealkylation sites (N-methyl/N-ethyl adjacent to an activating group) is 1. The molecule has 1 aliphatic rings. The Morgan fingerprint density at radius 2 is 1.93 bits per heavy atom. The Morgan fingerprint density at radius 1 is 1.23 bits per heavy atom. The van der Waals surface area contributed by atoms with Crippen molar-refractivity contribution in [1.29, 1.82) is 5.26 Å². The Labute approximate surface area is 177 Å². The van der Waals surface area contributed by atoms with Gasteiger partial charge in [0.1, 0.15) is 17.6 Å². The van der Waals surface area contributed by atoms with Crippen LogP contribution in [0.1, 0.15) is 45.2 Å². The number of nitrogens with zero attached hydrogens (tertiary/aromatic N) is 5. The first kappa shape index (κ1) is 21.7. The number of nitrogens with one attached hydrogen (secondary N) is 3. The van der Waals surface area contributed by atoms with Crippen molar-refractivity contribution in [3.63, 3.8) is 0 Å². The van der Waals surface area contributed by atoms with Crippen LogP contribution in [0.2, 0.25) is 0 Å². The average molecular weight is 411 g/mol. The molecular formula is C21H30N8O. The van der Waals surface area contributed by atoms with Crippen molar-refractivity contribution in [2.24, 2.45) is 0 Å². The van der Waals surface area contributed by atoms with Gasteiger partial charge in [-0.15, -0.1) is 0 Å². The molecule has 9 nitrogen and oxygen atoms in total. The monoisotopic (exact) mass is 410 g/mol. The molecule has 3 N–H and O–H groups in total. The van der Waals surface area contributed by atoms with Gasteiger partial charge < -0.3 is 20.9 Å². The number of hydrogen-bond donors (Lipinski definition) is 3. The van der Waals surface area contributed by atoms with E-state index in [9.17, 15) is 4.79 Å². The molecule has 0 radical (unpaired) electrons. The van der Waals surface area contributed by atoms with Crippen LogP contribution < -0.4 is 16.0 Å². The summed E-state index contributed by atoms with van der Waals surface area (Å²) in [6.07, 6.45) is 5.34. The number of carbonyl (C=O) groups excluding carboxylic acids is 1. The van der Waals surface area contributed by atoms with E-state index in [0.29, 0.717) is 29.5 Å². The summed E-state index contributed by atoms with van der Waals surface area (Å²) < 4.78 is 0. The zero-order valence-electron chi connectivity index (χ0n) is 18.1. The molecule has 9 heteroatoms. The van der Waals surface area contributed by atoms with Crippen LogP contribution in [0.5, 0.6) is 0 Å². The van der Waals surface area contributed by atoms with E-state index in [4.69, 9.17) is 5.26 Å². The van der Waals surface area contributed by atoms with Gasteiger partial charge in [0.2, 0.25) is 11.9 Å². The summed E-state index contributed by atoms with van der Waals surface area (Å²) in [6, 6.07) is 4.44. The highest BCUT2D eigenvalue weighted by Gasteiger charge is 2.23. The lowest BCUT2D eigenvalue weighted by molar-refractivity contribution is -0.122. The SMILES string of the molecule is CC(C)Nc1nc(NC2CCC(NC(=O)CN(C)C)CC2)nc2cnc(C#N)cc12. The topological polar surface area (TPSA) is 119 Å². The molecule has 1 aliphatic carbocycles. The van der Waals surface area contributed by atoms with E-state index < -0.39 is 0 Å². The van der Waals surface area contributed by atoms with Gasteiger partial charge >= 0.3 is 0 Å². The van der Waals surface area contributed by atoms with Crippen molar-refractivity contribution in [2.45, 2.75) is 57.7 Å². The molecular weight excluding hydrogens is 380 g/mol. The molecule has 3 rings (SSSR count). The van der Waals surface area contributed by atoms with Crippen LogP contribution >= 0.6 is 0 Å². The summed E-state index contributed by atoms with van der Waals surface area (Å²) >= 11 is 0. The lowest BCUT2D eigenvalue weighted by Gasteiger charge is -2.30. The van der Waals surface area contributed by atoms with E-state index in [-0.39, 0.29) is 24.0 Å². The molecule has 0 unspecified atom stereocenters. The van der Waals surface area contributed by atoms with Gasteiger partial charge in [0.15, 0.2) is 0 Å². The highest BCUT2D eigenvalue weighted by atomic mass is 16.2. The van der Waals surface area contributed by atoms with E-state index in [0.717, 1.165) is 31.1 Å². The van der Waals surface area contributed by atoms with Crippen molar-refractivity contribution in [2.75, 3.05) is 31.3 Å². The first-order valence-corrected chi connectivity index (χ1v) is 10.4. The van der Waals surface area contributed by atoms with Gasteiger partial charge in [-0.1, -0.05) is 0 Å². The van der Waals surface area contributed by atoms with Crippen LogP contribution in [-0.4, -0.2) is 64.5 Å². The zero-order chi connectivity index (χ0) is 21.7. The quantitative estimate of drug-likeness (QED) is 0.635. The van der Waals surface area contributed by atoms with Crippen molar-refractivity contribution >= 4 is 28.6 Å². The molecule has 0 aliphatic heterocycles. The summed E-state index contributed by atoms with van der Waals surface area (Å²) in [4.78, 5) is 27.2. The van der Waals surface area contributed by atoms with Crippen LogP contribution in [-0.2, 0) is 4.79 Å². The predicted molar refractivity (Wildman–Crippen MR) is 117 cm³/mol. The summed E-state index contributed by atoms with van der Waals surface area (Å²) in [6.45, 7) is 4.49. The minimum atomic E-state index is 0.0721. The van der Waals surface area contributed by atoms with E-state index in [1.807, 2.05) is 32.8 Å². The molecule has 0 spiro atoms. The normalized spacial score (nSPS) is 19.0. The largest absolute Gasteiger partial charge is 0.367 e. The van der Waals surface area contributed by atoms with Gasteiger partial charge in [-0.05, 0) is 59.7 Å². The highest BCUT2D eigenvalue weighted by molar-refractivity contribution is 5.90. The summed E-state index contributed by atoms with van der Waals surface area (Å²) in [5.41, 5.74) is 1.03. The van der Waals surface area contributed by atoms with Gasteiger partial charge in [-0.2, -0.15) is 10.2 Å². The van der Waals surface area contributed by atoms with Gasteiger partial charge in [0.25, 0.3) is 0 Å². The molecule has 160 valence electrons. The second kappa shape index (κ2) is 9.67. The van der Waals surface area contributed by atoms with Crippen LogP contribution in [0, 0.1) is 11.3 Å². The molecule has 1 saturated carbocycles. The molecule has 2 heterocycles. The average Bonchev–Trinajstić information content (AvgIpc) is 2.68. The Kier molecular flexibility index (Phi) is 7.00. The number of amides is 1. The molecule has 2 aromatic rings. The number of nitriles is 1. The van der Waals surface area contributed by atoms with Crippen molar-refractivity contribution < 1.29 is 4.79 Å². The molecule has 0 aromatic carbocycles. The van der Waals surface area contributed by atoms with Crippen LogP contribution in [0.4, 0.5) is 11.8 Å². The Hall–Kier alpha value is -2.99. The number of fused-ring (bicyclic) bond motifs is 1. The maximum atomic E-state index is 12.0. The summed E-state index contributed by atoms with van der Waals surface area (Å²) in [7, 11) is 3.78.